The number of hydrogen-bond donors (Lipinski definition) is 1. The summed E-state index contributed by atoms with van der Waals surface area (Å²) in [4.78, 5) is 12.2. The van der Waals surface area contributed by atoms with Gasteiger partial charge in [-0.2, -0.15) is 13.2 Å². The predicted molar refractivity (Wildman–Crippen MR) is 75.8 cm³/mol. The summed E-state index contributed by atoms with van der Waals surface area (Å²) in [6.45, 7) is 0. The molecule has 9 heteroatoms. The van der Waals surface area contributed by atoms with Crippen LogP contribution in [0.15, 0.2) is 29.8 Å². The van der Waals surface area contributed by atoms with Gasteiger partial charge in [-0.05, 0) is 24.3 Å². The van der Waals surface area contributed by atoms with Gasteiger partial charge in [-0.25, -0.2) is 0 Å². The number of rotatable bonds is 2. The van der Waals surface area contributed by atoms with E-state index in [2.05, 4.69) is 15.5 Å². The van der Waals surface area contributed by atoms with Crippen molar-refractivity contribution in [3.8, 4) is 0 Å². The van der Waals surface area contributed by atoms with Crippen LogP contribution in [0.2, 0.25) is 0 Å². The quantitative estimate of drug-likeness (QED) is 0.786. The van der Waals surface area contributed by atoms with E-state index in [-0.39, 0.29) is 5.69 Å². The highest BCUT2D eigenvalue weighted by Gasteiger charge is 2.30. The first-order chi connectivity index (χ1) is 10.4. The number of amides is 1. The molecule has 0 atom stereocenters. The molecule has 0 radical (unpaired) electrons. The van der Waals surface area contributed by atoms with Crippen LogP contribution in [0.1, 0.15) is 16.1 Å². The van der Waals surface area contributed by atoms with Gasteiger partial charge < -0.3 is 4.57 Å². The van der Waals surface area contributed by atoms with Gasteiger partial charge in [0, 0.05) is 18.0 Å². The van der Waals surface area contributed by atoms with E-state index in [9.17, 15) is 18.0 Å². The summed E-state index contributed by atoms with van der Waals surface area (Å²) in [5, 5.41) is 10.5. The Labute approximate surface area is 126 Å². The molecule has 2 heterocycles. The van der Waals surface area contributed by atoms with Gasteiger partial charge in [0.25, 0.3) is 5.91 Å². The number of nitrogens with one attached hydrogen (secondary N) is 1. The number of carbonyl (C=O) groups is 1. The summed E-state index contributed by atoms with van der Waals surface area (Å²) >= 11 is 1.15. The molecule has 0 saturated carbocycles. The van der Waals surface area contributed by atoms with Crippen LogP contribution in [-0.2, 0) is 13.2 Å². The lowest BCUT2D eigenvalue weighted by Gasteiger charge is -2.06. The second-order valence-corrected chi connectivity index (χ2v) is 5.39. The van der Waals surface area contributed by atoms with E-state index in [0.29, 0.717) is 16.0 Å². The van der Waals surface area contributed by atoms with Crippen molar-refractivity contribution in [2.24, 2.45) is 7.05 Å². The number of aromatic nitrogens is 3. The molecule has 0 aliphatic rings. The summed E-state index contributed by atoms with van der Waals surface area (Å²) < 4.78 is 39.7. The fraction of sp³-hybridized carbons (Fsp3) is 0.154. The first kappa shape index (κ1) is 14.5. The zero-order valence-electron chi connectivity index (χ0n) is 11.2. The maximum atomic E-state index is 12.7. The average Bonchev–Trinajstić information content (AvgIpc) is 3.06. The number of hydrogen-bond acceptors (Lipinski definition) is 4. The highest BCUT2D eigenvalue weighted by molar-refractivity contribution is 7.13. The van der Waals surface area contributed by atoms with Crippen molar-refractivity contribution in [2.45, 2.75) is 6.18 Å². The minimum atomic E-state index is -4.42. The largest absolute Gasteiger partial charge is 0.416 e. The molecule has 2 aromatic heterocycles. The Bertz CT molecular complexity index is 839. The maximum Gasteiger partial charge on any atom is 0.416 e. The lowest BCUT2D eigenvalue weighted by Crippen LogP contribution is -2.15. The van der Waals surface area contributed by atoms with Gasteiger partial charge in [0.05, 0.1) is 5.56 Å². The molecule has 0 saturated heterocycles. The molecule has 0 fully saturated rings. The summed E-state index contributed by atoms with van der Waals surface area (Å²) in [5.74, 6) is -0.455. The van der Waals surface area contributed by atoms with Crippen LogP contribution in [0.4, 0.5) is 18.3 Å². The van der Waals surface area contributed by atoms with Crippen molar-refractivity contribution in [3.63, 3.8) is 0 Å². The summed E-state index contributed by atoms with van der Waals surface area (Å²) in [6.07, 6.45) is -4.42. The third-order valence-corrected chi connectivity index (χ3v) is 3.79. The number of alkyl halides is 3. The first-order valence-corrected chi connectivity index (χ1v) is 6.98. The fourth-order valence-electron chi connectivity index (χ4n) is 2.13. The molecule has 0 bridgehead atoms. The van der Waals surface area contributed by atoms with E-state index < -0.39 is 17.6 Å². The van der Waals surface area contributed by atoms with Gasteiger partial charge in [-0.1, -0.05) is 11.3 Å². The SMILES string of the molecule is Cn1c(C(=O)Nc2nncs2)cc2cc(C(F)(F)F)ccc21. The summed E-state index contributed by atoms with van der Waals surface area (Å²) in [5.41, 5.74) is 1.49. The third kappa shape index (κ3) is 2.54. The summed E-state index contributed by atoms with van der Waals surface area (Å²) in [7, 11) is 1.62. The number of benzene rings is 1. The second kappa shape index (κ2) is 5.09. The highest BCUT2D eigenvalue weighted by Crippen LogP contribution is 2.32. The Morgan fingerprint density at radius 2 is 2.09 bits per heavy atom. The Morgan fingerprint density at radius 1 is 1.32 bits per heavy atom. The predicted octanol–water partition coefficient (Wildman–Crippen LogP) is 3.30. The van der Waals surface area contributed by atoms with Crippen LogP contribution in [0.3, 0.4) is 0 Å². The van der Waals surface area contributed by atoms with E-state index in [1.54, 1.807) is 7.05 Å². The van der Waals surface area contributed by atoms with E-state index in [4.69, 9.17) is 0 Å². The lowest BCUT2D eigenvalue weighted by molar-refractivity contribution is -0.137. The molecule has 0 spiro atoms. The van der Waals surface area contributed by atoms with E-state index >= 15 is 0 Å². The Balaban J connectivity index is 2.00. The molecule has 0 aliphatic heterocycles. The van der Waals surface area contributed by atoms with Crippen LogP contribution in [0, 0.1) is 0 Å². The molecule has 1 amide bonds. The van der Waals surface area contributed by atoms with Crippen molar-refractivity contribution >= 4 is 33.3 Å². The Morgan fingerprint density at radius 3 is 2.73 bits per heavy atom. The fourth-order valence-corrected chi connectivity index (χ4v) is 2.57. The van der Waals surface area contributed by atoms with E-state index in [0.717, 1.165) is 23.5 Å². The standard InChI is InChI=1S/C13H9F3N4OS/c1-20-9-3-2-8(13(14,15)16)4-7(9)5-10(20)11(21)18-12-19-17-6-22-12/h2-6H,1H3,(H,18,19,21). The van der Waals surface area contributed by atoms with Gasteiger partial charge in [-0.15, -0.1) is 10.2 Å². The molecule has 0 aliphatic carbocycles. The number of halogens is 3. The van der Waals surface area contributed by atoms with Gasteiger partial charge in [0.2, 0.25) is 5.13 Å². The van der Waals surface area contributed by atoms with Crippen molar-refractivity contribution in [1.82, 2.24) is 14.8 Å². The normalized spacial score (nSPS) is 11.8. The number of nitrogens with zero attached hydrogens (tertiary/aromatic N) is 3. The molecule has 5 nitrogen and oxygen atoms in total. The number of aryl methyl sites for hydroxylation is 1. The monoisotopic (exact) mass is 326 g/mol. The number of fused-ring (bicyclic) bond motifs is 1. The van der Waals surface area contributed by atoms with Crippen LogP contribution in [-0.4, -0.2) is 20.7 Å². The van der Waals surface area contributed by atoms with Crippen molar-refractivity contribution < 1.29 is 18.0 Å². The Hall–Kier alpha value is -2.42. The molecule has 3 aromatic rings. The molecular formula is C13H9F3N4OS. The van der Waals surface area contributed by atoms with Crippen LogP contribution in [0.25, 0.3) is 10.9 Å². The van der Waals surface area contributed by atoms with Gasteiger partial charge in [-0.3, -0.25) is 10.1 Å². The molecule has 114 valence electrons. The van der Waals surface area contributed by atoms with Crippen LogP contribution in [0.5, 0.6) is 0 Å². The Kier molecular flexibility index (Phi) is 3.36. The summed E-state index contributed by atoms with van der Waals surface area (Å²) in [6, 6.07) is 4.78. The molecule has 0 unspecified atom stereocenters. The zero-order chi connectivity index (χ0) is 15.9. The molecule has 1 N–H and O–H groups in total. The minimum Gasteiger partial charge on any atom is -0.340 e. The number of carbonyl (C=O) groups excluding carboxylic acids is 1. The van der Waals surface area contributed by atoms with Crippen molar-refractivity contribution in [1.29, 1.82) is 0 Å². The topological polar surface area (TPSA) is 59.8 Å². The van der Waals surface area contributed by atoms with Crippen LogP contribution < -0.4 is 5.32 Å². The molecule has 22 heavy (non-hydrogen) atoms. The van der Waals surface area contributed by atoms with E-state index in [1.165, 1.54) is 22.2 Å². The van der Waals surface area contributed by atoms with Crippen molar-refractivity contribution in [3.05, 3.63) is 41.0 Å². The average molecular weight is 326 g/mol. The maximum absolute atomic E-state index is 12.7. The van der Waals surface area contributed by atoms with E-state index in [1.807, 2.05) is 0 Å². The number of anilines is 1. The van der Waals surface area contributed by atoms with Gasteiger partial charge in [0.1, 0.15) is 11.2 Å². The third-order valence-electron chi connectivity index (χ3n) is 3.18. The van der Waals surface area contributed by atoms with Gasteiger partial charge >= 0.3 is 6.18 Å². The smallest absolute Gasteiger partial charge is 0.340 e. The minimum absolute atomic E-state index is 0.240. The van der Waals surface area contributed by atoms with Crippen molar-refractivity contribution in [2.75, 3.05) is 5.32 Å². The van der Waals surface area contributed by atoms with Crippen LogP contribution >= 0.6 is 11.3 Å². The first-order valence-electron chi connectivity index (χ1n) is 6.10. The lowest BCUT2D eigenvalue weighted by atomic mass is 10.1. The zero-order valence-corrected chi connectivity index (χ0v) is 12.0. The van der Waals surface area contributed by atoms with Gasteiger partial charge in [0.15, 0.2) is 0 Å². The second-order valence-electron chi connectivity index (χ2n) is 4.56. The molecular weight excluding hydrogens is 317 g/mol. The molecule has 1 aromatic carbocycles. The highest BCUT2D eigenvalue weighted by atomic mass is 32.1. The molecule has 3 rings (SSSR count).